The highest BCUT2D eigenvalue weighted by Gasteiger charge is 2.20. The van der Waals surface area contributed by atoms with Crippen LogP contribution < -0.4 is 0 Å². The molecule has 0 saturated heterocycles. The fraction of sp³-hybridized carbons (Fsp3) is 1.00. The SMILES string of the molecule is CCCCCCCCCCCC(CCCCCCCCC)C(CCCCCCCCO)CCCCCCCCCCC. The molecule has 2 unspecified atom stereocenters. The van der Waals surface area contributed by atoms with Gasteiger partial charge in [-0.15, -0.1) is 0 Å². The molecule has 0 saturated carbocycles. The van der Waals surface area contributed by atoms with Gasteiger partial charge in [0.05, 0.1) is 0 Å². The average molecular weight is 593 g/mol. The van der Waals surface area contributed by atoms with Crippen molar-refractivity contribution in [2.75, 3.05) is 6.61 Å². The van der Waals surface area contributed by atoms with Crippen LogP contribution in [0.2, 0.25) is 0 Å². The van der Waals surface area contributed by atoms with E-state index in [9.17, 15) is 0 Å². The van der Waals surface area contributed by atoms with Gasteiger partial charge < -0.3 is 5.11 Å². The van der Waals surface area contributed by atoms with Crippen LogP contribution in [-0.4, -0.2) is 11.7 Å². The lowest BCUT2D eigenvalue weighted by Crippen LogP contribution is -2.16. The van der Waals surface area contributed by atoms with E-state index in [1.807, 2.05) is 0 Å². The van der Waals surface area contributed by atoms with Gasteiger partial charge >= 0.3 is 0 Å². The number of hydrogen-bond donors (Lipinski definition) is 1. The van der Waals surface area contributed by atoms with Gasteiger partial charge in [-0.1, -0.05) is 239 Å². The summed E-state index contributed by atoms with van der Waals surface area (Å²) in [6, 6.07) is 0. The van der Waals surface area contributed by atoms with Crippen molar-refractivity contribution < 1.29 is 5.11 Å². The maximum Gasteiger partial charge on any atom is 0.0431 e. The molecule has 0 fully saturated rings. The summed E-state index contributed by atoms with van der Waals surface area (Å²) in [5.41, 5.74) is 0. The lowest BCUT2D eigenvalue weighted by atomic mass is 9.78. The maximum atomic E-state index is 9.09. The lowest BCUT2D eigenvalue weighted by Gasteiger charge is -2.28. The van der Waals surface area contributed by atoms with Crippen LogP contribution in [0.4, 0.5) is 0 Å². The van der Waals surface area contributed by atoms with Gasteiger partial charge in [0, 0.05) is 6.61 Å². The Morgan fingerprint density at radius 1 is 0.262 bits per heavy atom. The van der Waals surface area contributed by atoms with Crippen molar-refractivity contribution in [2.45, 2.75) is 245 Å². The molecule has 0 aliphatic rings. The van der Waals surface area contributed by atoms with Gasteiger partial charge in [0.25, 0.3) is 0 Å². The van der Waals surface area contributed by atoms with Crippen LogP contribution in [0.5, 0.6) is 0 Å². The average Bonchev–Trinajstić information content (AvgIpc) is 3.00. The summed E-state index contributed by atoms with van der Waals surface area (Å²) in [5, 5.41) is 9.09. The second kappa shape index (κ2) is 37.1. The molecule has 0 heterocycles. The van der Waals surface area contributed by atoms with Crippen LogP contribution in [0.15, 0.2) is 0 Å². The lowest BCUT2D eigenvalue weighted by molar-refractivity contribution is 0.236. The molecular formula is C41H84O. The van der Waals surface area contributed by atoms with Crippen molar-refractivity contribution >= 4 is 0 Å². The molecule has 0 radical (unpaired) electrons. The second-order valence-corrected chi connectivity index (χ2v) is 14.3. The van der Waals surface area contributed by atoms with Gasteiger partial charge in [-0.2, -0.15) is 0 Å². The van der Waals surface area contributed by atoms with Crippen LogP contribution in [0.1, 0.15) is 245 Å². The van der Waals surface area contributed by atoms with Crippen molar-refractivity contribution in [3.05, 3.63) is 0 Å². The van der Waals surface area contributed by atoms with E-state index in [-0.39, 0.29) is 0 Å². The molecular weight excluding hydrogens is 508 g/mol. The largest absolute Gasteiger partial charge is 0.396 e. The molecule has 0 spiro atoms. The standard InChI is InChI=1S/C41H84O/c1-4-7-10-13-16-18-21-26-31-36-40(35-30-25-20-15-12-9-6-3)41(38-33-28-23-24-29-34-39-42)37-32-27-22-19-17-14-11-8-5-2/h40-42H,4-39H2,1-3H3. The zero-order chi connectivity index (χ0) is 30.6. The summed E-state index contributed by atoms with van der Waals surface area (Å²) in [7, 11) is 0. The normalized spacial score (nSPS) is 13.1. The molecule has 0 aromatic carbocycles. The summed E-state index contributed by atoms with van der Waals surface area (Å²) < 4.78 is 0. The highest BCUT2D eigenvalue weighted by atomic mass is 16.2. The Morgan fingerprint density at radius 2 is 0.452 bits per heavy atom. The molecule has 42 heavy (non-hydrogen) atoms. The Morgan fingerprint density at radius 3 is 0.667 bits per heavy atom. The number of rotatable bonds is 37. The van der Waals surface area contributed by atoms with E-state index in [1.54, 1.807) is 0 Å². The van der Waals surface area contributed by atoms with E-state index < -0.39 is 0 Å². The van der Waals surface area contributed by atoms with Crippen molar-refractivity contribution in [2.24, 2.45) is 11.8 Å². The molecule has 0 aliphatic carbocycles. The number of aliphatic hydroxyl groups is 1. The van der Waals surface area contributed by atoms with Crippen molar-refractivity contribution in [1.29, 1.82) is 0 Å². The highest BCUT2D eigenvalue weighted by molar-refractivity contribution is 4.72. The predicted molar refractivity (Wildman–Crippen MR) is 193 cm³/mol. The number of unbranched alkanes of at least 4 members (excludes halogenated alkanes) is 27. The van der Waals surface area contributed by atoms with E-state index >= 15 is 0 Å². The fourth-order valence-corrected chi connectivity index (χ4v) is 7.25. The molecule has 0 aromatic rings. The summed E-state index contributed by atoms with van der Waals surface area (Å²) in [6.07, 6.45) is 50.2. The summed E-state index contributed by atoms with van der Waals surface area (Å²) in [6.45, 7) is 7.36. The summed E-state index contributed by atoms with van der Waals surface area (Å²) in [4.78, 5) is 0. The van der Waals surface area contributed by atoms with Gasteiger partial charge in [0.1, 0.15) is 0 Å². The van der Waals surface area contributed by atoms with Gasteiger partial charge in [-0.25, -0.2) is 0 Å². The molecule has 0 rings (SSSR count). The zero-order valence-electron chi connectivity index (χ0n) is 30.1. The van der Waals surface area contributed by atoms with Gasteiger partial charge in [0.2, 0.25) is 0 Å². The first-order valence-electron chi connectivity index (χ1n) is 20.4. The van der Waals surface area contributed by atoms with Crippen LogP contribution in [-0.2, 0) is 0 Å². The Hall–Kier alpha value is -0.0400. The molecule has 0 bridgehead atoms. The van der Waals surface area contributed by atoms with Gasteiger partial charge in [0.15, 0.2) is 0 Å². The van der Waals surface area contributed by atoms with Crippen LogP contribution >= 0.6 is 0 Å². The molecule has 0 aliphatic heterocycles. The minimum atomic E-state index is 0.375. The van der Waals surface area contributed by atoms with Crippen LogP contribution in [0, 0.1) is 11.8 Å². The topological polar surface area (TPSA) is 20.2 Å². The Kier molecular flexibility index (Phi) is 37.1. The molecule has 0 amide bonds. The van der Waals surface area contributed by atoms with E-state index in [0.29, 0.717) is 6.61 Å². The monoisotopic (exact) mass is 593 g/mol. The van der Waals surface area contributed by atoms with Crippen LogP contribution in [0.25, 0.3) is 0 Å². The molecule has 254 valence electrons. The van der Waals surface area contributed by atoms with E-state index in [2.05, 4.69) is 20.8 Å². The smallest absolute Gasteiger partial charge is 0.0431 e. The quantitative estimate of drug-likeness (QED) is 0.0711. The first-order chi connectivity index (χ1) is 20.8. The molecule has 0 aromatic heterocycles. The van der Waals surface area contributed by atoms with Crippen molar-refractivity contribution in [3.63, 3.8) is 0 Å². The van der Waals surface area contributed by atoms with Gasteiger partial charge in [-0.3, -0.25) is 0 Å². The predicted octanol–water partition coefficient (Wildman–Crippen LogP) is 14.9. The third-order valence-corrected chi connectivity index (χ3v) is 10.2. The Balaban J connectivity index is 4.72. The number of aliphatic hydroxyl groups excluding tert-OH is 1. The highest BCUT2D eigenvalue weighted by Crippen LogP contribution is 2.34. The Labute approximate surface area is 268 Å². The zero-order valence-corrected chi connectivity index (χ0v) is 30.1. The van der Waals surface area contributed by atoms with Crippen LogP contribution in [0.3, 0.4) is 0 Å². The minimum absolute atomic E-state index is 0.375. The number of hydrogen-bond acceptors (Lipinski definition) is 1. The fourth-order valence-electron chi connectivity index (χ4n) is 7.25. The third-order valence-electron chi connectivity index (χ3n) is 10.2. The van der Waals surface area contributed by atoms with E-state index in [0.717, 1.165) is 18.3 Å². The molecule has 1 nitrogen and oxygen atoms in total. The summed E-state index contributed by atoms with van der Waals surface area (Å²) >= 11 is 0. The molecule has 2 atom stereocenters. The first kappa shape index (κ1) is 42.0. The first-order valence-corrected chi connectivity index (χ1v) is 20.4. The van der Waals surface area contributed by atoms with E-state index in [4.69, 9.17) is 5.11 Å². The minimum Gasteiger partial charge on any atom is -0.396 e. The maximum absolute atomic E-state index is 9.09. The van der Waals surface area contributed by atoms with Crippen molar-refractivity contribution in [1.82, 2.24) is 0 Å². The van der Waals surface area contributed by atoms with Gasteiger partial charge in [-0.05, 0) is 18.3 Å². The van der Waals surface area contributed by atoms with E-state index in [1.165, 1.54) is 218 Å². The third kappa shape index (κ3) is 31.4. The second-order valence-electron chi connectivity index (χ2n) is 14.3. The molecule has 1 heteroatoms. The Bertz CT molecular complexity index is 418. The summed E-state index contributed by atoms with van der Waals surface area (Å²) in [5.74, 6) is 1.98. The van der Waals surface area contributed by atoms with Crippen molar-refractivity contribution in [3.8, 4) is 0 Å². The molecule has 1 N–H and O–H groups in total.